The molecule has 130 valence electrons. The number of anilines is 1. The molecule has 0 radical (unpaired) electrons. The van der Waals surface area contributed by atoms with Crippen molar-refractivity contribution in [2.24, 2.45) is 0 Å². The van der Waals surface area contributed by atoms with Crippen molar-refractivity contribution >= 4 is 23.3 Å². The van der Waals surface area contributed by atoms with E-state index in [0.29, 0.717) is 6.42 Å². The van der Waals surface area contributed by atoms with Gasteiger partial charge in [0.2, 0.25) is 5.91 Å². The highest BCUT2D eigenvalue weighted by molar-refractivity contribution is 5.86. The maximum atomic E-state index is 12.3. The van der Waals surface area contributed by atoms with E-state index in [1.165, 1.54) is 13.8 Å². The van der Waals surface area contributed by atoms with Crippen molar-refractivity contribution in [3.63, 3.8) is 0 Å². The molecule has 0 saturated carbocycles. The predicted molar refractivity (Wildman–Crippen MR) is 90.2 cm³/mol. The van der Waals surface area contributed by atoms with E-state index in [0.717, 1.165) is 5.69 Å². The normalized spacial score (nSPS) is 21.5. The van der Waals surface area contributed by atoms with Crippen molar-refractivity contribution in [2.75, 3.05) is 5.01 Å². The summed E-state index contributed by atoms with van der Waals surface area (Å²) in [6.45, 7) is 6.51. The number of carbonyl (C=O) groups excluding carboxylic acids is 3. The molecule has 1 aromatic carbocycles. The van der Waals surface area contributed by atoms with Crippen LogP contribution in [-0.4, -0.2) is 40.9 Å². The second-order valence-corrected chi connectivity index (χ2v) is 6.07. The van der Waals surface area contributed by atoms with Crippen LogP contribution in [0, 0.1) is 0 Å². The van der Waals surface area contributed by atoms with E-state index >= 15 is 0 Å². The first kappa shape index (κ1) is 18.0. The molecule has 1 aliphatic heterocycles. The summed E-state index contributed by atoms with van der Waals surface area (Å²) in [7, 11) is 0. The molecule has 0 aromatic heterocycles. The zero-order chi connectivity index (χ0) is 17.9. The van der Waals surface area contributed by atoms with Gasteiger partial charge in [-0.2, -0.15) is 0 Å². The molecule has 3 atom stereocenters. The lowest BCUT2D eigenvalue weighted by atomic mass is 10.0. The molecular weight excluding hydrogens is 308 g/mol. The first-order valence-corrected chi connectivity index (χ1v) is 8.20. The third-order valence-electron chi connectivity index (χ3n) is 4.19. The smallest absolute Gasteiger partial charge is 0.306 e. The van der Waals surface area contributed by atoms with Gasteiger partial charge in [-0.25, -0.2) is 5.01 Å². The summed E-state index contributed by atoms with van der Waals surface area (Å²) in [5, 5.41) is 3.43. The van der Waals surface area contributed by atoms with Crippen molar-refractivity contribution in [2.45, 2.75) is 58.7 Å². The average molecular weight is 332 g/mol. The summed E-state index contributed by atoms with van der Waals surface area (Å²) < 4.78 is 5.35. The van der Waals surface area contributed by atoms with Gasteiger partial charge in [-0.1, -0.05) is 25.1 Å². The van der Waals surface area contributed by atoms with Crippen molar-refractivity contribution in [3.8, 4) is 0 Å². The third kappa shape index (κ3) is 3.58. The Morgan fingerprint density at radius 2 is 1.83 bits per heavy atom. The van der Waals surface area contributed by atoms with Crippen LogP contribution in [-0.2, 0) is 19.1 Å². The van der Waals surface area contributed by atoms with E-state index < -0.39 is 18.1 Å². The van der Waals surface area contributed by atoms with Crippen LogP contribution in [0.2, 0.25) is 0 Å². The monoisotopic (exact) mass is 332 g/mol. The minimum absolute atomic E-state index is 0.00322. The zero-order valence-corrected chi connectivity index (χ0v) is 14.6. The lowest BCUT2D eigenvalue weighted by Crippen LogP contribution is -2.52. The maximum Gasteiger partial charge on any atom is 0.306 e. The fraction of sp³-hybridized carbons (Fsp3) is 0.500. The number of hydrazine groups is 1. The van der Waals surface area contributed by atoms with E-state index in [1.807, 2.05) is 42.3 Å². The molecule has 0 bridgehead atoms. The number of nitrogens with zero attached hydrogens (tertiary/aromatic N) is 2. The number of ether oxygens (including phenoxy) is 1. The van der Waals surface area contributed by atoms with Gasteiger partial charge < -0.3 is 4.74 Å². The zero-order valence-electron chi connectivity index (χ0n) is 14.6. The molecular formula is C18H24N2O4. The Labute approximate surface area is 142 Å². The van der Waals surface area contributed by atoms with Crippen LogP contribution < -0.4 is 5.01 Å². The lowest BCUT2D eigenvalue weighted by molar-refractivity contribution is -0.159. The SMILES string of the molecule is CCC(=O)OC(C(C)=O)C1CC(C)N(c2ccccc2)N1C(C)=O. The standard InChI is InChI=1S/C18H24N2O4/c1-5-17(23)24-18(13(3)21)16-11-12(2)19(20(16)14(4)22)15-9-7-6-8-10-15/h6-10,12,16,18H,5,11H2,1-4H3. The molecule has 1 amide bonds. The van der Waals surface area contributed by atoms with Crippen LogP contribution in [0.1, 0.15) is 40.5 Å². The summed E-state index contributed by atoms with van der Waals surface area (Å²) in [4.78, 5) is 36.1. The maximum absolute atomic E-state index is 12.3. The first-order chi connectivity index (χ1) is 11.4. The molecule has 1 heterocycles. The van der Waals surface area contributed by atoms with Crippen LogP contribution in [0.5, 0.6) is 0 Å². The van der Waals surface area contributed by atoms with Gasteiger partial charge in [0.15, 0.2) is 11.9 Å². The molecule has 0 spiro atoms. The van der Waals surface area contributed by atoms with Crippen LogP contribution in [0.25, 0.3) is 0 Å². The van der Waals surface area contributed by atoms with E-state index in [9.17, 15) is 14.4 Å². The molecule has 6 nitrogen and oxygen atoms in total. The van der Waals surface area contributed by atoms with Crippen LogP contribution in [0.3, 0.4) is 0 Å². The topological polar surface area (TPSA) is 66.9 Å². The number of Topliss-reactive ketones (excluding diaryl/α,β-unsaturated/α-hetero) is 1. The van der Waals surface area contributed by atoms with Gasteiger partial charge in [0, 0.05) is 13.3 Å². The quantitative estimate of drug-likeness (QED) is 0.774. The third-order valence-corrected chi connectivity index (χ3v) is 4.19. The summed E-state index contributed by atoms with van der Waals surface area (Å²) in [6, 6.07) is 9.03. The van der Waals surface area contributed by atoms with Crippen LogP contribution in [0.4, 0.5) is 5.69 Å². The molecule has 24 heavy (non-hydrogen) atoms. The second kappa shape index (κ2) is 7.47. The number of rotatable bonds is 5. The molecule has 1 aliphatic rings. The molecule has 6 heteroatoms. The second-order valence-electron chi connectivity index (χ2n) is 6.07. The Kier molecular flexibility index (Phi) is 5.59. The Morgan fingerprint density at radius 1 is 1.21 bits per heavy atom. The summed E-state index contributed by atoms with van der Waals surface area (Å²) in [6.07, 6.45) is -0.206. The fourth-order valence-corrected chi connectivity index (χ4v) is 3.18. The minimum Gasteiger partial charge on any atom is -0.452 e. The van der Waals surface area contributed by atoms with E-state index in [-0.39, 0.29) is 24.2 Å². The molecule has 2 rings (SSSR count). The molecule has 0 N–H and O–H groups in total. The summed E-state index contributed by atoms with van der Waals surface area (Å²) >= 11 is 0. The molecule has 1 saturated heterocycles. The number of carbonyl (C=O) groups is 3. The van der Waals surface area contributed by atoms with Crippen LogP contribution in [0.15, 0.2) is 30.3 Å². The summed E-state index contributed by atoms with van der Waals surface area (Å²) in [5.41, 5.74) is 0.867. The fourth-order valence-electron chi connectivity index (χ4n) is 3.18. The number of benzene rings is 1. The highest BCUT2D eigenvalue weighted by Crippen LogP contribution is 2.33. The minimum atomic E-state index is -0.947. The van der Waals surface area contributed by atoms with Gasteiger partial charge in [0.1, 0.15) is 0 Å². The summed E-state index contributed by atoms with van der Waals surface area (Å²) in [5.74, 6) is -0.883. The first-order valence-electron chi connectivity index (χ1n) is 8.20. The van der Waals surface area contributed by atoms with Gasteiger partial charge in [-0.15, -0.1) is 0 Å². The number of hydrogen-bond donors (Lipinski definition) is 0. The Morgan fingerprint density at radius 3 is 2.33 bits per heavy atom. The van der Waals surface area contributed by atoms with Gasteiger partial charge in [0.05, 0.1) is 17.8 Å². The van der Waals surface area contributed by atoms with Crippen molar-refractivity contribution in [1.82, 2.24) is 5.01 Å². The lowest BCUT2D eigenvalue weighted by Gasteiger charge is -2.36. The van der Waals surface area contributed by atoms with Gasteiger partial charge in [-0.05, 0) is 32.4 Å². The van der Waals surface area contributed by atoms with Crippen molar-refractivity contribution < 1.29 is 19.1 Å². The average Bonchev–Trinajstić information content (AvgIpc) is 2.90. The number of esters is 1. The molecule has 1 aromatic rings. The van der Waals surface area contributed by atoms with E-state index in [2.05, 4.69) is 0 Å². The molecule has 1 fully saturated rings. The van der Waals surface area contributed by atoms with Gasteiger partial charge >= 0.3 is 5.97 Å². The highest BCUT2D eigenvalue weighted by atomic mass is 16.5. The Bertz CT molecular complexity index is 617. The highest BCUT2D eigenvalue weighted by Gasteiger charge is 2.46. The molecule has 0 aliphatic carbocycles. The van der Waals surface area contributed by atoms with Gasteiger partial charge in [0.25, 0.3) is 0 Å². The Hall–Kier alpha value is -2.37. The largest absolute Gasteiger partial charge is 0.452 e. The van der Waals surface area contributed by atoms with Crippen molar-refractivity contribution in [3.05, 3.63) is 30.3 Å². The molecule has 3 unspecified atom stereocenters. The number of para-hydroxylation sites is 1. The number of ketones is 1. The number of amides is 1. The Balaban J connectivity index is 2.37. The predicted octanol–water partition coefficient (Wildman–Crippen LogP) is 2.33. The van der Waals surface area contributed by atoms with Crippen LogP contribution >= 0.6 is 0 Å². The van der Waals surface area contributed by atoms with Crippen molar-refractivity contribution in [1.29, 1.82) is 0 Å². The van der Waals surface area contributed by atoms with E-state index in [4.69, 9.17) is 4.74 Å². The van der Waals surface area contributed by atoms with E-state index in [1.54, 1.807) is 11.9 Å². The van der Waals surface area contributed by atoms with Gasteiger partial charge in [-0.3, -0.25) is 19.4 Å². The number of hydrogen-bond acceptors (Lipinski definition) is 5.